The van der Waals surface area contributed by atoms with Crippen molar-refractivity contribution < 1.29 is 22.4 Å². The number of aromatic nitrogens is 8. The van der Waals surface area contributed by atoms with Crippen LogP contribution in [0.5, 0.6) is 0 Å². The second-order valence-corrected chi connectivity index (χ2v) is 10.8. The second kappa shape index (κ2) is 9.80. The van der Waals surface area contributed by atoms with E-state index in [0.29, 0.717) is 61.3 Å². The smallest absolute Gasteiger partial charge is 0.324 e. The van der Waals surface area contributed by atoms with Gasteiger partial charge in [0.1, 0.15) is 22.6 Å². The topological polar surface area (TPSA) is 109 Å². The van der Waals surface area contributed by atoms with Crippen molar-refractivity contribution in [1.82, 2.24) is 39.9 Å². The van der Waals surface area contributed by atoms with Crippen LogP contribution in [0.15, 0.2) is 84.9 Å². The number of rotatable bonds is 0. The van der Waals surface area contributed by atoms with Crippen molar-refractivity contribution in [2.45, 2.75) is 0 Å². The van der Waals surface area contributed by atoms with Crippen molar-refractivity contribution in [3.8, 4) is 45.6 Å². The minimum Gasteiger partial charge on any atom is -0.324 e. The van der Waals surface area contributed by atoms with Gasteiger partial charge in [0, 0.05) is 43.8 Å². The zero-order valence-corrected chi connectivity index (χ0v) is 25.5. The SMILES string of the molecule is Clc1ccc2c3nc4nc(nc5[nH]c(nc6nc(nc([nH]3)c2c1Cl)-c1ccccc1-6)c1ccccc51)-c1ccccc1-4.[Au+]. The molecule has 0 atom stereocenters. The average molecular weight is 780 g/mol. The minimum absolute atomic E-state index is 0. The van der Waals surface area contributed by atoms with Gasteiger partial charge in [-0.15, -0.1) is 0 Å². The molecule has 208 valence electrons. The van der Waals surface area contributed by atoms with Crippen molar-refractivity contribution >= 4 is 67.3 Å². The zero-order valence-electron chi connectivity index (χ0n) is 21.8. The quantitative estimate of drug-likeness (QED) is 0.150. The molecule has 2 N–H and O–H groups in total. The van der Waals surface area contributed by atoms with Gasteiger partial charge in [0.2, 0.25) is 0 Å². The summed E-state index contributed by atoms with van der Waals surface area (Å²) in [6.45, 7) is 0. The van der Waals surface area contributed by atoms with E-state index >= 15 is 0 Å². The van der Waals surface area contributed by atoms with E-state index < -0.39 is 0 Å². The third-order valence-corrected chi connectivity index (χ3v) is 8.41. The molecule has 0 radical (unpaired) electrons. The van der Waals surface area contributed by atoms with Crippen LogP contribution in [0.4, 0.5) is 0 Å². The Morgan fingerprint density at radius 3 is 1.30 bits per heavy atom. The molecule has 7 aromatic rings. The summed E-state index contributed by atoms with van der Waals surface area (Å²) < 4.78 is 0. The zero-order chi connectivity index (χ0) is 27.9. The normalized spacial score (nSPS) is 11.8. The summed E-state index contributed by atoms with van der Waals surface area (Å²) in [5.74, 6) is 2.12. The molecule has 3 aromatic heterocycles. The van der Waals surface area contributed by atoms with Gasteiger partial charge in [-0.05, 0) is 12.1 Å². The average Bonchev–Trinajstić information content (AvgIpc) is 3.74. The van der Waals surface area contributed by atoms with Crippen LogP contribution in [-0.2, 0) is 22.4 Å². The first-order chi connectivity index (χ1) is 20.6. The summed E-state index contributed by atoms with van der Waals surface area (Å²) in [6, 6.07) is 27.4. The van der Waals surface area contributed by atoms with Crippen molar-refractivity contribution in [2.24, 2.45) is 0 Å². The molecular formula is C32H16AuCl2N8+. The van der Waals surface area contributed by atoms with Crippen LogP contribution in [0, 0.1) is 0 Å². The van der Waals surface area contributed by atoms with Crippen LogP contribution in [-0.4, -0.2) is 39.9 Å². The van der Waals surface area contributed by atoms with Gasteiger partial charge < -0.3 is 9.97 Å². The summed E-state index contributed by atoms with van der Waals surface area (Å²) in [4.78, 5) is 36.5. The van der Waals surface area contributed by atoms with Gasteiger partial charge in [0.05, 0.1) is 10.0 Å². The van der Waals surface area contributed by atoms with Gasteiger partial charge in [0.25, 0.3) is 0 Å². The largest absolute Gasteiger partial charge is 1.00 e. The Morgan fingerprint density at radius 1 is 0.419 bits per heavy atom. The number of nitrogens with one attached hydrogen (secondary N) is 2. The Hall–Kier alpha value is -4.44. The van der Waals surface area contributed by atoms with E-state index in [1.807, 2.05) is 78.9 Å². The number of fused-ring (bicyclic) bond motifs is 20. The summed E-state index contributed by atoms with van der Waals surface area (Å²) in [5, 5.41) is 4.06. The molecule has 0 amide bonds. The van der Waals surface area contributed by atoms with Crippen molar-refractivity contribution in [3.05, 3.63) is 95.0 Å². The molecule has 0 fully saturated rings. The third kappa shape index (κ3) is 3.96. The van der Waals surface area contributed by atoms with Crippen LogP contribution in [0.25, 0.3) is 89.7 Å². The Kier molecular flexibility index (Phi) is 5.98. The first-order valence-electron chi connectivity index (χ1n) is 13.2. The summed E-state index contributed by atoms with van der Waals surface area (Å²) in [6.07, 6.45) is 0. The Morgan fingerprint density at radius 2 is 0.814 bits per heavy atom. The van der Waals surface area contributed by atoms with E-state index in [0.717, 1.165) is 38.4 Å². The number of H-pyrrole nitrogens is 2. The molecule has 0 saturated carbocycles. The Labute approximate surface area is 268 Å². The van der Waals surface area contributed by atoms with Crippen molar-refractivity contribution in [1.29, 1.82) is 0 Å². The van der Waals surface area contributed by atoms with Gasteiger partial charge >= 0.3 is 22.4 Å². The number of hydrogen-bond donors (Lipinski definition) is 2. The molecule has 4 aromatic carbocycles. The predicted octanol–water partition coefficient (Wildman–Crippen LogP) is 8.17. The van der Waals surface area contributed by atoms with Crippen LogP contribution in [0.3, 0.4) is 0 Å². The first kappa shape index (κ1) is 26.2. The molecule has 43 heavy (non-hydrogen) atoms. The fourth-order valence-electron chi connectivity index (χ4n) is 5.67. The van der Waals surface area contributed by atoms with Crippen LogP contribution >= 0.6 is 23.2 Å². The van der Waals surface area contributed by atoms with Crippen LogP contribution in [0.1, 0.15) is 0 Å². The van der Waals surface area contributed by atoms with Gasteiger partial charge in [-0.2, -0.15) is 0 Å². The molecule has 9 rings (SSSR count). The molecule has 8 bridgehead atoms. The van der Waals surface area contributed by atoms with E-state index in [2.05, 4.69) is 9.97 Å². The summed E-state index contributed by atoms with van der Waals surface area (Å²) in [7, 11) is 0. The summed E-state index contributed by atoms with van der Waals surface area (Å²) in [5.41, 5.74) is 5.83. The van der Waals surface area contributed by atoms with Crippen molar-refractivity contribution in [2.75, 3.05) is 0 Å². The van der Waals surface area contributed by atoms with Gasteiger partial charge in [-0.25, -0.2) is 29.9 Å². The number of benzene rings is 4. The number of aromatic amines is 2. The molecule has 0 saturated heterocycles. The Bertz CT molecular complexity index is 2460. The number of halogens is 2. The fraction of sp³-hybridized carbons (Fsp3) is 0. The van der Waals surface area contributed by atoms with Gasteiger partial charge in [-0.1, -0.05) is 96.0 Å². The molecular weight excluding hydrogens is 764 g/mol. The fourth-order valence-corrected chi connectivity index (χ4v) is 6.08. The molecule has 0 spiro atoms. The third-order valence-electron chi connectivity index (χ3n) is 7.61. The maximum Gasteiger partial charge on any atom is 1.00 e. The molecule has 8 nitrogen and oxygen atoms in total. The predicted molar refractivity (Wildman–Crippen MR) is 166 cm³/mol. The van der Waals surface area contributed by atoms with E-state index in [4.69, 9.17) is 53.1 Å². The number of nitrogens with zero attached hydrogens (tertiary/aromatic N) is 6. The molecule has 0 unspecified atom stereocenters. The molecule has 2 aliphatic rings. The monoisotopic (exact) mass is 779 g/mol. The number of hydrogen-bond acceptors (Lipinski definition) is 6. The standard InChI is InChI=1S/C32H16Cl2N8.Au/c33-22-14-13-21-23(24(22)34)32-41-30-20-12-6-5-11-19(20)28(39-30)37-26-16-8-2-1-7-15(16)25(35-26)36-27-17-9-3-4-10-18(17)29(38-27)40-31(21)42-32;/h1-14H,(H2,35,36,37,38,39,40,41,42);/q;+1. The van der Waals surface area contributed by atoms with E-state index in [1.54, 1.807) is 6.07 Å². The summed E-state index contributed by atoms with van der Waals surface area (Å²) >= 11 is 13.2. The Balaban J connectivity index is 0.00000278. The van der Waals surface area contributed by atoms with Crippen LogP contribution < -0.4 is 0 Å². The molecule has 5 heterocycles. The van der Waals surface area contributed by atoms with E-state index in [-0.39, 0.29) is 22.4 Å². The van der Waals surface area contributed by atoms with Gasteiger partial charge in [0.15, 0.2) is 23.3 Å². The first-order valence-corrected chi connectivity index (χ1v) is 14.0. The maximum atomic E-state index is 6.77. The van der Waals surface area contributed by atoms with E-state index in [9.17, 15) is 0 Å². The molecule has 11 heteroatoms. The minimum atomic E-state index is 0. The maximum absolute atomic E-state index is 6.77. The van der Waals surface area contributed by atoms with Crippen molar-refractivity contribution in [3.63, 3.8) is 0 Å². The molecule has 0 aliphatic carbocycles. The van der Waals surface area contributed by atoms with E-state index in [1.165, 1.54) is 0 Å². The van der Waals surface area contributed by atoms with Crippen LogP contribution in [0.2, 0.25) is 10.0 Å². The second-order valence-electron chi connectivity index (χ2n) is 10.0. The molecule has 2 aliphatic heterocycles. The van der Waals surface area contributed by atoms with Gasteiger partial charge in [-0.3, -0.25) is 0 Å².